The van der Waals surface area contributed by atoms with Crippen LogP contribution in [-0.4, -0.2) is 52.1 Å². The van der Waals surface area contributed by atoms with Gasteiger partial charge in [-0.15, -0.1) is 0 Å². The van der Waals surface area contributed by atoms with Crippen LogP contribution in [0.2, 0.25) is 5.02 Å². The molecule has 9 nitrogen and oxygen atoms in total. The van der Waals surface area contributed by atoms with Crippen molar-refractivity contribution in [2.24, 2.45) is 0 Å². The minimum atomic E-state index is -0.300. The Bertz CT molecular complexity index is 1280. The van der Waals surface area contributed by atoms with Gasteiger partial charge in [-0.3, -0.25) is 9.59 Å². The summed E-state index contributed by atoms with van der Waals surface area (Å²) in [4.78, 5) is 35.7. The molecule has 1 amide bonds. The molecule has 1 aromatic carbocycles. The third kappa shape index (κ3) is 6.16. The first kappa shape index (κ1) is 25.5. The molecule has 0 saturated heterocycles. The molecule has 3 aromatic rings. The van der Waals surface area contributed by atoms with Gasteiger partial charge in [0.05, 0.1) is 11.7 Å². The van der Waals surface area contributed by atoms with Crippen LogP contribution in [-0.2, 0) is 4.79 Å². The number of benzene rings is 1. The number of unbranched alkanes of at least 4 members (excludes halogenated alkanes) is 1. The Morgan fingerprint density at radius 2 is 2.11 bits per heavy atom. The van der Waals surface area contributed by atoms with Gasteiger partial charge >= 0.3 is 0 Å². The molecule has 0 bridgehead atoms. The number of likely N-dealkylation sites (N-methyl/N-ethyl adjacent to an activating group) is 1. The van der Waals surface area contributed by atoms with Gasteiger partial charge in [0.15, 0.2) is 18.2 Å². The summed E-state index contributed by atoms with van der Waals surface area (Å²) in [5.41, 5.74) is 1.35. The van der Waals surface area contributed by atoms with Gasteiger partial charge in [-0.2, -0.15) is 4.98 Å². The van der Waals surface area contributed by atoms with Crippen molar-refractivity contribution in [1.82, 2.24) is 19.9 Å². The Morgan fingerprint density at radius 1 is 1.31 bits per heavy atom. The quantitative estimate of drug-likeness (QED) is 0.190. The number of rotatable bonds is 11. The van der Waals surface area contributed by atoms with Crippen molar-refractivity contribution in [3.05, 3.63) is 45.8 Å². The highest BCUT2D eigenvalue weighted by Crippen LogP contribution is 2.37. The van der Waals surface area contributed by atoms with E-state index in [1.807, 2.05) is 30.1 Å². The van der Waals surface area contributed by atoms with Crippen molar-refractivity contribution in [2.45, 2.75) is 31.7 Å². The molecule has 0 radical (unpaired) electrons. The summed E-state index contributed by atoms with van der Waals surface area (Å²) >= 11 is 8.77. The fourth-order valence-corrected chi connectivity index (χ4v) is 4.40. The monoisotopic (exact) mass is 610 g/mol. The van der Waals surface area contributed by atoms with Crippen LogP contribution in [0, 0.1) is 0 Å². The minimum absolute atomic E-state index is 0.147. The summed E-state index contributed by atoms with van der Waals surface area (Å²) in [6, 6.07) is 7.55. The lowest BCUT2D eigenvalue weighted by Crippen LogP contribution is -2.28. The largest absolute Gasteiger partial charge is 0.478 e. The first-order valence-corrected chi connectivity index (χ1v) is 13.4. The summed E-state index contributed by atoms with van der Waals surface area (Å²) in [6.07, 6.45) is 5.68. The van der Waals surface area contributed by atoms with Gasteiger partial charge in [-0.05, 0) is 54.4 Å². The van der Waals surface area contributed by atoms with Gasteiger partial charge < -0.3 is 24.8 Å². The minimum Gasteiger partial charge on any atom is -0.478 e. The van der Waals surface area contributed by atoms with E-state index in [4.69, 9.17) is 16.3 Å². The number of nitrogens with one attached hydrogen (secondary N) is 2. The molecule has 11 heteroatoms. The smallest absolute Gasteiger partial charge is 0.293 e. The topological polar surface area (TPSA) is 101 Å². The lowest BCUT2D eigenvalue weighted by molar-refractivity contribution is -0.122. The molecule has 2 heterocycles. The number of pyridine rings is 1. The zero-order chi connectivity index (χ0) is 24.9. The maximum Gasteiger partial charge on any atom is 0.293 e. The lowest BCUT2D eigenvalue weighted by atomic mass is 10.1. The fourth-order valence-electron chi connectivity index (χ4n) is 3.72. The Kier molecular flexibility index (Phi) is 8.32. The lowest BCUT2D eigenvalue weighted by Gasteiger charge is -2.18. The molecule has 4 rings (SSSR count). The van der Waals surface area contributed by atoms with E-state index >= 15 is 0 Å². The number of amides is 1. The number of aromatic nitrogens is 3. The summed E-state index contributed by atoms with van der Waals surface area (Å²) in [5, 5.41) is 7.00. The predicted octanol–water partition coefficient (Wildman–Crippen LogP) is 4.30. The number of halogens is 2. The van der Waals surface area contributed by atoms with Gasteiger partial charge in [0.1, 0.15) is 5.02 Å². The Morgan fingerprint density at radius 3 is 2.83 bits per heavy atom. The van der Waals surface area contributed by atoms with Crippen LogP contribution in [0.1, 0.15) is 31.7 Å². The number of anilines is 3. The molecule has 0 spiro atoms. The number of nitrogens with zero attached hydrogens (tertiary/aromatic N) is 4. The maximum absolute atomic E-state index is 13.0. The van der Waals surface area contributed by atoms with Crippen LogP contribution in [0.4, 0.5) is 17.5 Å². The summed E-state index contributed by atoms with van der Waals surface area (Å²) < 4.78 is 8.45. The van der Waals surface area contributed by atoms with Gasteiger partial charge in [-0.1, -0.05) is 34.2 Å². The van der Waals surface area contributed by atoms with Crippen molar-refractivity contribution >= 4 is 68.5 Å². The number of fused-ring (bicyclic) bond motifs is 1. The van der Waals surface area contributed by atoms with E-state index in [2.05, 4.69) is 43.2 Å². The Labute approximate surface area is 222 Å². The zero-order valence-electron chi connectivity index (χ0n) is 19.7. The second kappa shape index (κ2) is 11.4. The second-order valence-corrected chi connectivity index (χ2v) is 9.95. The number of hydrogen-bond acceptors (Lipinski definition) is 7. The van der Waals surface area contributed by atoms with Crippen molar-refractivity contribution in [1.29, 1.82) is 0 Å². The van der Waals surface area contributed by atoms with E-state index in [-0.39, 0.29) is 29.9 Å². The van der Waals surface area contributed by atoms with E-state index in [1.165, 1.54) is 7.05 Å². The molecule has 1 aliphatic rings. The molecule has 2 N–H and O–H groups in total. The number of carbonyl (C=O) groups is 1. The Balaban J connectivity index is 1.63. The van der Waals surface area contributed by atoms with Crippen molar-refractivity contribution in [2.75, 3.05) is 41.9 Å². The average Bonchev–Trinajstić information content (AvgIpc) is 3.69. The van der Waals surface area contributed by atoms with Crippen LogP contribution >= 0.6 is 34.2 Å². The highest BCUT2D eigenvalue weighted by Gasteiger charge is 2.28. The Hall–Kier alpha value is -2.60. The van der Waals surface area contributed by atoms with Gasteiger partial charge in [0.2, 0.25) is 5.95 Å². The van der Waals surface area contributed by atoms with Gasteiger partial charge in [-0.25, -0.2) is 4.98 Å². The summed E-state index contributed by atoms with van der Waals surface area (Å²) in [5.74, 6) is 0.953. The number of alkyl halides is 1. The first-order valence-electron chi connectivity index (χ1n) is 11.5. The molecule has 1 saturated carbocycles. The highest BCUT2D eigenvalue weighted by molar-refractivity contribution is 14.1. The molecular weight excluding hydrogens is 583 g/mol. The second-order valence-electron chi connectivity index (χ2n) is 8.46. The molecule has 0 aliphatic heterocycles. The van der Waals surface area contributed by atoms with Crippen LogP contribution < -0.4 is 25.8 Å². The highest BCUT2D eigenvalue weighted by atomic mass is 127. The standard InChI is InChI=1S/C24H28ClIN6O3/c1-27-21(33)14-35-20-12-15-11-16(5-8-19(15)32(23(20)34)17-6-7-17)29-22-18(25)13-28-24(30-22)31(2)10-4-3-9-26/h5,8,11-13,17H,3-4,6-7,9-10,14H2,1-2H3,(H,27,33)(H,28,29,30). The van der Waals surface area contributed by atoms with Crippen LogP contribution in [0.5, 0.6) is 5.75 Å². The third-order valence-electron chi connectivity index (χ3n) is 5.77. The fraction of sp³-hybridized carbons (Fsp3) is 0.417. The van der Waals surface area contributed by atoms with E-state index in [1.54, 1.807) is 16.8 Å². The third-order valence-corrected chi connectivity index (χ3v) is 6.80. The summed E-state index contributed by atoms with van der Waals surface area (Å²) in [7, 11) is 3.49. The molecule has 1 fully saturated rings. The van der Waals surface area contributed by atoms with Crippen molar-refractivity contribution < 1.29 is 9.53 Å². The molecular formula is C24H28ClIN6O3. The number of carbonyl (C=O) groups excluding carboxylic acids is 1. The van der Waals surface area contributed by atoms with E-state index in [0.29, 0.717) is 16.8 Å². The molecule has 35 heavy (non-hydrogen) atoms. The average molecular weight is 611 g/mol. The van der Waals surface area contributed by atoms with Crippen LogP contribution in [0.25, 0.3) is 10.9 Å². The van der Waals surface area contributed by atoms with E-state index in [9.17, 15) is 9.59 Å². The molecule has 0 unspecified atom stereocenters. The number of hydrogen-bond donors (Lipinski definition) is 2. The predicted molar refractivity (Wildman–Crippen MR) is 148 cm³/mol. The van der Waals surface area contributed by atoms with Gasteiger partial charge in [0.25, 0.3) is 11.5 Å². The molecule has 1 aliphatic carbocycles. The summed E-state index contributed by atoms with van der Waals surface area (Å²) in [6.45, 7) is 0.641. The SMILES string of the molecule is CNC(=O)COc1cc2cc(Nc3nc(N(C)CCCCI)ncc3Cl)ccc2n(C2CC2)c1=O. The molecule has 0 atom stereocenters. The maximum atomic E-state index is 13.0. The van der Waals surface area contributed by atoms with E-state index < -0.39 is 0 Å². The normalized spacial score (nSPS) is 13.0. The molecule has 2 aromatic heterocycles. The van der Waals surface area contributed by atoms with Gasteiger partial charge in [0, 0.05) is 37.8 Å². The van der Waals surface area contributed by atoms with Crippen molar-refractivity contribution in [3.8, 4) is 5.75 Å². The van der Waals surface area contributed by atoms with Crippen LogP contribution in [0.15, 0.2) is 35.3 Å². The van der Waals surface area contributed by atoms with E-state index in [0.717, 1.165) is 53.2 Å². The van der Waals surface area contributed by atoms with Crippen molar-refractivity contribution in [3.63, 3.8) is 0 Å². The first-order chi connectivity index (χ1) is 16.9. The van der Waals surface area contributed by atoms with Crippen LogP contribution in [0.3, 0.4) is 0 Å². The molecule has 186 valence electrons. The zero-order valence-corrected chi connectivity index (χ0v) is 22.6. The number of ether oxygens (including phenoxy) is 1.